The number of hydrogen-bond acceptors (Lipinski definition) is 4. The first kappa shape index (κ1) is 23.5. The van der Waals surface area contributed by atoms with Gasteiger partial charge in [0.1, 0.15) is 0 Å². The average molecular weight is 457 g/mol. The van der Waals surface area contributed by atoms with Crippen molar-refractivity contribution in [2.24, 2.45) is 40.4 Å². The Hall–Kier alpha value is -1.20. The molecule has 5 nitrogen and oxygen atoms in total. The zero-order valence-electron chi connectivity index (χ0n) is 21.2. The number of aromatic nitrogens is 2. The van der Waals surface area contributed by atoms with Crippen LogP contribution in [0.25, 0.3) is 0 Å². The Balaban J connectivity index is 1.37. The Labute approximate surface area is 199 Å². The van der Waals surface area contributed by atoms with Gasteiger partial charge in [-0.25, -0.2) is 0 Å². The standard InChI is InChI=1S/C28H44N2O3/c1-5-33-18-28-13-12-26(3,32)14-20(28)6-7-21-22-8-9-24(27(22,4)11-10-23(21)28)25(31)17-30-16-19(2)15-29-30/h15-16,20-24,32H,5-14,17-18H2,1-4H3/t20-,21+,22+,23+,24-,26-,27+,28-/m1/s1. The Morgan fingerprint density at radius 3 is 2.70 bits per heavy atom. The molecule has 1 heterocycles. The van der Waals surface area contributed by atoms with Gasteiger partial charge in [0.2, 0.25) is 0 Å². The third kappa shape index (κ3) is 3.91. The van der Waals surface area contributed by atoms with Gasteiger partial charge >= 0.3 is 0 Å². The molecule has 1 N–H and O–H groups in total. The van der Waals surface area contributed by atoms with Crippen molar-refractivity contribution in [2.75, 3.05) is 13.2 Å². The van der Waals surface area contributed by atoms with Crippen molar-refractivity contribution in [3.8, 4) is 0 Å². The molecular weight excluding hydrogens is 412 g/mol. The summed E-state index contributed by atoms with van der Waals surface area (Å²) in [6, 6.07) is 0. The van der Waals surface area contributed by atoms with Crippen LogP contribution in [0.4, 0.5) is 0 Å². The van der Waals surface area contributed by atoms with Crippen LogP contribution in [0.2, 0.25) is 0 Å². The minimum absolute atomic E-state index is 0.125. The predicted octanol–water partition coefficient (Wildman–Crippen LogP) is 5.19. The summed E-state index contributed by atoms with van der Waals surface area (Å²) in [6.45, 7) is 10.7. The van der Waals surface area contributed by atoms with E-state index < -0.39 is 5.60 Å². The molecule has 5 rings (SSSR count). The second-order valence-corrected chi connectivity index (χ2v) is 12.6. The summed E-state index contributed by atoms with van der Waals surface area (Å²) in [4.78, 5) is 13.4. The van der Waals surface area contributed by atoms with Crippen LogP contribution in [0.3, 0.4) is 0 Å². The molecular formula is C28H44N2O3. The van der Waals surface area contributed by atoms with Gasteiger partial charge in [0.25, 0.3) is 0 Å². The summed E-state index contributed by atoms with van der Waals surface area (Å²) in [5.74, 6) is 3.15. The monoisotopic (exact) mass is 456 g/mol. The number of nitrogens with zero attached hydrogens (tertiary/aromatic N) is 2. The summed E-state index contributed by atoms with van der Waals surface area (Å²) in [5, 5.41) is 15.2. The molecule has 1 aromatic rings. The van der Waals surface area contributed by atoms with Crippen LogP contribution in [0.1, 0.15) is 84.1 Å². The SMILES string of the molecule is CCOC[C@]12CC[C@@](C)(O)C[C@H]1CC[C@H]1[C@@H]3CC[C@H](C(=O)Cn4cc(C)cn4)[C@@]3(C)CC[C@@H]12. The van der Waals surface area contributed by atoms with Gasteiger partial charge in [-0.15, -0.1) is 0 Å². The molecule has 5 heteroatoms. The highest BCUT2D eigenvalue weighted by Gasteiger charge is 2.63. The molecule has 184 valence electrons. The number of rotatable bonds is 6. The fourth-order valence-corrected chi connectivity index (χ4v) is 9.16. The van der Waals surface area contributed by atoms with E-state index in [1.165, 1.54) is 25.7 Å². The van der Waals surface area contributed by atoms with E-state index in [9.17, 15) is 9.90 Å². The maximum absolute atomic E-state index is 13.4. The van der Waals surface area contributed by atoms with E-state index in [-0.39, 0.29) is 16.7 Å². The topological polar surface area (TPSA) is 64.3 Å². The lowest BCUT2D eigenvalue weighted by atomic mass is 9.43. The van der Waals surface area contributed by atoms with Gasteiger partial charge in [0.15, 0.2) is 5.78 Å². The molecule has 0 aromatic carbocycles. The van der Waals surface area contributed by atoms with E-state index in [1.54, 1.807) is 0 Å². The Morgan fingerprint density at radius 2 is 1.97 bits per heavy atom. The summed E-state index contributed by atoms with van der Waals surface area (Å²) < 4.78 is 8.00. The summed E-state index contributed by atoms with van der Waals surface area (Å²) >= 11 is 0. The lowest BCUT2D eigenvalue weighted by Gasteiger charge is -2.62. The molecule has 0 unspecified atom stereocenters. The van der Waals surface area contributed by atoms with Crippen LogP contribution in [0, 0.1) is 47.3 Å². The molecule has 0 saturated heterocycles. The van der Waals surface area contributed by atoms with E-state index in [1.807, 2.05) is 30.9 Å². The number of ketones is 1. The van der Waals surface area contributed by atoms with Gasteiger partial charge in [-0.3, -0.25) is 9.48 Å². The van der Waals surface area contributed by atoms with Gasteiger partial charge < -0.3 is 9.84 Å². The summed E-state index contributed by atoms with van der Waals surface area (Å²) in [6.07, 6.45) is 13.8. The molecule has 0 spiro atoms. The fourth-order valence-electron chi connectivity index (χ4n) is 9.16. The molecule has 8 atom stereocenters. The normalized spacial score (nSPS) is 44.7. The van der Waals surface area contributed by atoms with E-state index in [0.717, 1.165) is 50.9 Å². The van der Waals surface area contributed by atoms with Crippen LogP contribution < -0.4 is 0 Å². The molecule has 33 heavy (non-hydrogen) atoms. The van der Waals surface area contributed by atoms with Gasteiger partial charge in [0, 0.05) is 18.7 Å². The third-order valence-electron chi connectivity index (χ3n) is 10.7. The molecule has 0 bridgehead atoms. The van der Waals surface area contributed by atoms with Crippen molar-refractivity contribution in [3.05, 3.63) is 18.0 Å². The fraction of sp³-hybridized carbons (Fsp3) is 0.857. The number of carbonyl (C=O) groups excluding carboxylic acids is 1. The minimum Gasteiger partial charge on any atom is -0.390 e. The number of ether oxygens (including phenoxy) is 1. The Kier molecular flexibility index (Phi) is 6.05. The second-order valence-electron chi connectivity index (χ2n) is 12.6. The summed E-state index contributed by atoms with van der Waals surface area (Å²) in [5.41, 5.74) is 0.936. The Morgan fingerprint density at radius 1 is 1.15 bits per heavy atom. The maximum atomic E-state index is 13.4. The molecule has 1 aromatic heterocycles. The highest BCUT2D eigenvalue weighted by molar-refractivity contribution is 5.82. The zero-order valence-corrected chi connectivity index (χ0v) is 21.2. The lowest BCUT2D eigenvalue weighted by molar-refractivity contribution is -0.178. The van der Waals surface area contributed by atoms with Crippen LogP contribution in [0.15, 0.2) is 12.4 Å². The molecule has 0 radical (unpaired) electrons. The third-order valence-corrected chi connectivity index (χ3v) is 10.7. The van der Waals surface area contributed by atoms with Crippen LogP contribution in [0.5, 0.6) is 0 Å². The van der Waals surface area contributed by atoms with Gasteiger partial charge in [-0.1, -0.05) is 6.92 Å². The van der Waals surface area contributed by atoms with Crippen LogP contribution >= 0.6 is 0 Å². The molecule has 4 aliphatic carbocycles. The molecule has 4 fully saturated rings. The number of aliphatic hydroxyl groups is 1. The second kappa shape index (κ2) is 8.48. The van der Waals surface area contributed by atoms with Crippen molar-refractivity contribution in [3.63, 3.8) is 0 Å². The van der Waals surface area contributed by atoms with Crippen molar-refractivity contribution in [1.29, 1.82) is 0 Å². The van der Waals surface area contributed by atoms with Crippen molar-refractivity contribution < 1.29 is 14.6 Å². The smallest absolute Gasteiger partial charge is 0.157 e. The number of Topliss-reactive ketones (excluding diaryl/α,β-unsaturated/α-hetero) is 1. The van der Waals surface area contributed by atoms with E-state index in [4.69, 9.17) is 4.74 Å². The first-order valence-electron chi connectivity index (χ1n) is 13.5. The first-order valence-corrected chi connectivity index (χ1v) is 13.5. The highest BCUT2D eigenvalue weighted by Crippen LogP contribution is 2.68. The number of fused-ring (bicyclic) bond motifs is 5. The summed E-state index contributed by atoms with van der Waals surface area (Å²) in [7, 11) is 0. The van der Waals surface area contributed by atoms with Crippen LogP contribution in [-0.4, -0.2) is 39.5 Å². The van der Waals surface area contributed by atoms with E-state index in [2.05, 4.69) is 18.9 Å². The molecule has 4 saturated carbocycles. The minimum atomic E-state index is -0.522. The predicted molar refractivity (Wildman–Crippen MR) is 129 cm³/mol. The lowest BCUT2D eigenvalue weighted by Crippen LogP contribution is -2.58. The van der Waals surface area contributed by atoms with E-state index in [0.29, 0.717) is 36.0 Å². The van der Waals surface area contributed by atoms with Crippen molar-refractivity contribution >= 4 is 5.78 Å². The molecule has 4 aliphatic rings. The number of carbonyl (C=O) groups is 1. The van der Waals surface area contributed by atoms with Gasteiger partial charge in [-0.2, -0.15) is 5.10 Å². The number of aryl methyl sites for hydroxylation is 1. The van der Waals surface area contributed by atoms with Crippen LogP contribution in [-0.2, 0) is 16.1 Å². The maximum Gasteiger partial charge on any atom is 0.157 e. The van der Waals surface area contributed by atoms with Gasteiger partial charge in [-0.05, 0) is 119 Å². The number of hydrogen-bond donors (Lipinski definition) is 1. The van der Waals surface area contributed by atoms with Crippen molar-refractivity contribution in [1.82, 2.24) is 9.78 Å². The average Bonchev–Trinajstić information content (AvgIpc) is 3.34. The van der Waals surface area contributed by atoms with Gasteiger partial charge in [0.05, 0.1) is 24.9 Å². The first-order chi connectivity index (χ1) is 15.7. The van der Waals surface area contributed by atoms with E-state index >= 15 is 0 Å². The molecule has 0 aliphatic heterocycles. The molecule has 0 amide bonds. The quantitative estimate of drug-likeness (QED) is 0.640. The van der Waals surface area contributed by atoms with Crippen molar-refractivity contribution in [2.45, 2.75) is 97.6 Å². The zero-order chi connectivity index (χ0) is 23.4. The largest absolute Gasteiger partial charge is 0.390 e. The Bertz CT molecular complexity index is 878. The highest BCUT2D eigenvalue weighted by atomic mass is 16.5.